The van der Waals surface area contributed by atoms with Crippen LogP contribution in [0, 0.1) is 0 Å². The van der Waals surface area contributed by atoms with Gasteiger partial charge in [-0.25, -0.2) is 0 Å². The van der Waals surface area contributed by atoms with Crippen molar-refractivity contribution in [3.63, 3.8) is 0 Å². The Morgan fingerprint density at radius 3 is 2.68 bits per heavy atom. The van der Waals surface area contributed by atoms with Crippen LogP contribution in [0.15, 0.2) is 28.7 Å². The van der Waals surface area contributed by atoms with Gasteiger partial charge in [0, 0.05) is 40.6 Å². The molecule has 1 unspecified atom stereocenters. The predicted molar refractivity (Wildman–Crippen MR) is 88.7 cm³/mol. The molecular weight excluding hydrogens is 320 g/mol. The molecule has 1 aliphatic rings. The zero-order valence-corrected chi connectivity index (χ0v) is 14.1. The second-order valence-corrected chi connectivity index (χ2v) is 8.55. The van der Waals surface area contributed by atoms with Gasteiger partial charge >= 0.3 is 0 Å². The van der Waals surface area contributed by atoms with Crippen molar-refractivity contribution in [2.75, 3.05) is 25.4 Å². The van der Waals surface area contributed by atoms with Crippen LogP contribution in [0.3, 0.4) is 0 Å². The lowest BCUT2D eigenvalue weighted by atomic mass is 10.0. The fourth-order valence-electron chi connectivity index (χ4n) is 2.50. The van der Waals surface area contributed by atoms with Gasteiger partial charge in [-0.1, -0.05) is 28.1 Å². The maximum Gasteiger partial charge on any atom is 0.0307 e. The second kappa shape index (κ2) is 6.61. The molecule has 0 saturated carbocycles. The van der Waals surface area contributed by atoms with E-state index < -0.39 is 0 Å². The van der Waals surface area contributed by atoms with Gasteiger partial charge in [0.05, 0.1) is 0 Å². The van der Waals surface area contributed by atoms with Crippen LogP contribution in [0.5, 0.6) is 0 Å². The maximum absolute atomic E-state index is 6.28. The first-order valence-electron chi connectivity index (χ1n) is 6.84. The van der Waals surface area contributed by atoms with E-state index in [1.807, 2.05) is 0 Å². The van der Waals surface area contributed by atoms with Crippen molar-refractivity contribution in [1.82, 2.24) is 4.90 Å². The van der Waals surface area contributed by atoms with Crippen molar-refractivity contribution < 1.29 is 0 Å². The predicted octanol–water partition coefficient (Wildman–Crippen LogP) is 3.67. The third-order valence-electron chi connectivity index (χ3n) is 3.56. The Bertz CT molecular complexity index is 405. The standard InChI is InChI=1S/C15H23BrN2S/c1-15(2)11-18(9-10-19-15)8-7-14(17)12-3-5-13(16)6-4-12/h3-6,14H,7-11,17H2,1-2H3. The van der Waals surface area contributed by atoms with Gasteiger partial charge in [0.15, 0.2) is 0 Å². The van der Waals surface area contributed by atoms with Gasteiger partial charge in [-0.05, 0) is 38.0 Å². The number of hydrogen-bond donors (Lipinski definition) is 1. The molecule has 2 rings (SSSR count). The molecule has 1 atom stereocenters. The minimum Gasteiger partial charge on any atom is -0.324 e. The number of rotatable bonds is 4. The quantitative estimate of drug-likeness (QED) is 0.905. The van der Waals surface area contributed by atoms with E-state index in [9.17, 15) is 0 Å². The minimum atomic E-state index is 0.144. The summed E-state index contributed by atoms with van der Waals surface area (Å²) in [6.07, 6.45) is 1.03. The summed E-state index contributed by atoms with van der Waals surface area (Å²) in [6, 6.07) is 8.51. The van der Waals surface area contributed by atoms with Crippen molar-refractivity contribution in [2.24, 2.45) is 5.73 Å². The van der Waals surface area contributed by atoms with E-state index >= 15 is 0 Å². The Labute approximate surface area is 129 Å². The summed E-state index contributed by atoms with van der Waals surface area (Å²) >= 11 is 5.54. The SMILES string of the molecule is CC1(C)CN(CCC(N)c2ccc(Br)cc2)CCS1. The highest BCUT2D eigenvalue weighted by atomic mass is 79.9. The van der Waals surface area contributed by atoms with E-state index in [4.69, 9.17) is 5.73 Å². The molecule has 1 aromatic rings. The van der Waals surface area contributed by atoms with Gasteiger partial charge in [-0.2, -0.15) is 11.8 Å². The molecule has 2 N–H and O–H groups in total. The van der Waals surface area contributed by atoms with Crippen LogP contribution in [-0.4, -0.2) is 35.0 Å². The minimum absolute atomic E-state index is 0.144. The Kier molecular flexibility index (Phi) is 5.35. The molecule has 1 saturated heterocycles. The number of benzene rings is 1. The second-order valence-electron chi connectivity index (χ2n) is 5.83. The van der Waals surface area contributed by atoms with E-state index in [0.717, 1.165) is 17.4 Å². The molecule has 0 aliphatic carbocycles. The average Bonchev–Trinajstić information content (AvgIpc) is 2.36. The zero-order valence-electron chi connectivity index (χ0n) is 11.7. The lowest BCUT2D eigenvalue weighted by Crippen LogP contribution is -2.43. The van der Waals surface area contributed by atoms with Gasteiger partial charge in [-0.3, -0.25) is 0 Å². The average molecular weight is 343 g/mol. The van der Waals surface area contributed by atoms with Gasteiger partial charge in [0.1, 0.15) is 0 Å². The number of nitrogens with two attached hydrogens (primary N) is 1. The van der Waals surface area contributed by atoms with Crippen LogP contribution >= 0.6 is 27.7 Å². The summed E-state index contributed by atoms with van der Waals surface area (Å²) in [5.74, 6) is 1.24. The van der Waals surface area contributed by atoms with Crippen LogP contribution in [0.1, 0.15) is 31.9 Å². The highest BCUT2D eigenvalue weighted by Gasteiger charge is 2.26. The maximum atomic E-state index is 6.28. The molecule has 19 heavy (non-hydrogen) atoms. The molecule has 2 nitrogen and oxygen atoms in total. The normalized spacial score (nSPS) is 21.3. The lowest BCUT2D eigenvalue weighted by Gasteiger charge is -2.37. The highest BCUT2D eigenvalue weighted by Crippen LogP contribution is 2.29. The van der Waals surface area contributed by atoms with Gasteiger partial charge in [0.2, 0.25) is 0 Å². The van der Waals surface area contributed by atoms with Crippen molar-refractivity contribution in [3.8, 4) is 0 Å². The van der Waals surface area contributed by atoms with Crippen LogP contribution in [0.25, 0.3) is 0 Å². The number of nitrogens with zero attached hydrogens (tertiary/aromatic N) is 1. The molecule has 0 aromatic heterocycles. The molecule has 0 spiro atoms. The summed E-state index contributed by atoms with van der Waals surface area (Å²) < 4.78 is 1.50. The molecule has 0 radical (unpaired) electrons. The number of halogens is 1. The summed E-state index contributed by atoms with van der Waals surface area (Å²) in [7, 11) is 0. The van der Waals surface area contributed by atoms with E-state index in [1.54, 1.807) is 0 Å². The smallest absolute Gasteiger partial charge is 0.0307 e. The first-order chi connectivity index (χ1) is 8.96. The Morgan fingerprint density at radius 1 is 1.37 bits per heavy atom. The molecule has 106 valence electrons. The lowest BCUT2D eigenvalue weighted by molar-refractivity contribution is 0.251. The van der Waals surface area contributed by atoms with Crippen molar-refractivity contribution in [3.05, 3.63) is 34.3 Å². The van der Waals surface area contributed by atoms with Crippen molar-refractivity contribution >= 4 is 27.7 Å². The number of hydrogen-bond acceptors (Lipinski definition) is 3. The summed E-state index contributed by atoms with van der Waals surface area (Å²) in [6.45, 7) is 8.13. The van der Waals surface area contributed by atoms with Gasteiger partial charge < -0.3 is 10.6 Å². The van der Waals surface area contributed by atoms with Crippen molar-refractivity contribution in [2.45, 2.75) is 31.1 Å². The fourth-order valence-corrected chi connectivity index (χ4v) is 3.94. The van der Waals surface area contributed by atoms with Crippen LogP contribution in [-0.2, 0) is 0 Å². The molecule has 1 aliphatic heterocycles. The summed E-state index contributed by atoms with van der Waals surface area (Å²) in [5, 5.41) is 0. The monoisotopic (exact) mass is 342 g/mol. The Balaban J connectivity index is 1.83. The summed E-state index contributed by atoms with van der Waals surface area (Å²) in [4.78, 5) is 2.55. The zero-order chi connectivity index (χ0) is 13.9. The number of thioether (sulfide) groups is 1. The molecular formula is C15H23BrN2S. The van der Waals surface area contributed by atoms with Crippen molar-refractivity contribution in [1.29, 1.82) is 0 Å². The highest BCUT2D eigenvalue weighted by molar-refractivity contribution is 9.10. The van der Waals surface area contributed by atoms with Gasteiger partial charge in [0.25, 0.3) is 0 Å². The molecule has 1 aromatic carbocycles. The van der Waals surface area contributed by atoms with Crippen LogP contribution < -0.4 is 5.73 Å². The Hall–Kier alpha value is -0.0300. The van der Waals surface area contributed by atoms with Gasteiger partial charge in [-0.15, -0.1) is 0 Å². The largest absolute Gasteiger partial charge is 0.324 e. The van der Waals surface area contributed by atoms with E-state index in [2.05, 4.69) is 70.7 Å². The third kappa shape index (κ3) is 4.78. The topological polar surface area (TPSA) is 29.3 Å². The molecule has 0 amide bonds. The fraction of sp³-hybridized carbons (Fsp3) is 0.600. The van der Waals surface area contributed by atoms with Crippen LogP contribution in [0.2, 0.25) is 0 Å². The Morgan fingerprint density at radius 2 is 2.05 bits per heavy atom. The molecule has 4 heteroatoms. The van der Waals surface area contributed by atoms with E-state index in [-0.39, 0.29) is 6.04 Å². The van der Waals surface area contributed by atoms with E-state index in [1.165, 1.54) is 24.4 Å². The molecule has 0 bridgehead atoms. The third-order valence-corrected chi connectivity index (χ3v) is 5.39. The molecule has 1 fully saturated rings. The first-order valence-corrected chi connectivity index (χ1v) is 8.61. The van der Waals surface area contributed by atoms with E-state index in [0.29, 0.717) is 4.75 Å². The van der Waals surface area contributed by atoms with Crippen LogP contribution in [0.4, 0.5) is 0 Å². The first kappa shape index (κ1) is 15.4. The molecule has 1 heterocycles. The summed E-state index contributed by atoms with van der Waals surface area (Å²) in [5.41, 5.74) is 7.51.